The van der Waals surface area contributed by atoms with Crippen molar-refractivity contribution in [3.63, 3.8) is 0 Å². The maximum Gasteiger partial charge on any atom is 0.407 e. The Bertz CT molecular complexity index is 205. The van der Waals surface area contributed by atoms with Gasteiger partial charge >= 0.3 is 6.09 Å². The van der Waals surface area contributed by atoms with Crippen LogP contribution in [0.25, 0.3) is 0 Å². The topological polar surface area (TPSA) is 100 Å². The summed E-state index contributed by atoms with van der Waals surface area (Å²) in [5.74, 6) is 0. The van der Waals surface area contributed by atoms with Crippen LogP contribution in [-0.4, -0.2) is 62.6 Å². The number of carbonyl (C=O) groups excluding carboxylic acids is 1. The number of amides is 1. The molecule has 0 aliphatic rings. The Morgan fingerprint density at radius 3 is 2.32 bits per heavy atom. The van der Waals surface area contributed by atoms with Crippen LogP contribution in [0.2, 0.25) is 0 Å². The van der Waals surface area contributed by atoms with E-state index in [4.69, 9.17) is 14.9 Å². The van der Waals surface area contributed by atoms with Crippen LogP contribution < -0.4 is 10.6 Å². The fraction of sp³-hybridized carbons (Fsp3) is 0.917. The monoisotopic (exact) mass is 278 g/mol. The van der Waals surface area contributed by atoms with Crippen molar-refractivity contribution in [3.05, 3.63) is 0 Å². The Morgan fingerprint density at radius 2 is 1.63 bits per heavy atom. The van der Waals surface area contributed by atoms with E-state index < -0.39 is 6.09 Å². The Morgan fingerprint density at radius 1 is 0.947 bits per heavy atom. The van der Waals surface area contributed by atoms with Gasteiger partial charge in [-0.3, -0.25) is 5.32 Å². The van der Waals surface area contributed by atoms with E-state index in [1.807, 2.05) is 0 Å². The second kappa shape index (κ2) is 15.2. The lowest BCUT2D eigenvalue weighted by atomic mass is 10.2. The molecule has 0 saturated heterocycles. The molecule has 0 rings (SSSR count). The maximum absolute atomic E-state index is 11.0. The molecule has 114 valence electrons. The predicted molar refractivity (Wildman–Crippen MR) is 70.8 cm³/mol. The number of unbranched alkanes of at least 4 members (excludes halogenated alkanes) is 3. The summed E-state index contributed by atoms with van der Waals surface area (Å²) in [5, 5.41) is 22.6. The van der Waals surface area contributed by atoms with Gasteiger partial charge in [0.2, 0.25) is 0 Å². The number of ether oxygens (including phenoxy) is 2. The third-order valence-electron chi connectivity index (χ3n) is 2.31. The van der Waals surface area contributed by atoms with Crippen LogP contribution in [0.15, 0.2) is 0 Å². The van der Waals surface area contributed by atoms with E-state index in [9.17, 15) is 4.79 Å². The van der Waals surface area contributed by atoms with Crippen LogP contribution in [-0.2, 0) is 9.47 Å². The van der Waals surface area contributed by atoms with Crippen molar-refractivity contribution in [2.75, 3.05) is 46.2 Å². The lowest BCUT2D eigenvalue weighted by Gasteiger charge is -2.06. The molecule has 7 nitrogen and oxygen atoms in total. The van der Waals surface area contributed by atoms with Crippen LogP contribution in [0.4, 0.5) is 4.79 Å². The van der Waals surface area contributed by atoms with E-state index in [-0.39, 0.29) is 19.8 Å². The first kappa shape index (κ1) is 18.1. The smallest absolute Gasteiger partial charge is 0.407 e. The first-order valence-electron chi connectivity index (χ1n) is 6.72. The van der Waals surface area contributed by atoms with Gasteiger partial charge in [-0.05, 0) is 19.4 Å². The molecule has 0 radical (unpaired) electrons. The van der Waals surface area contributed by atoms with Gasteiger partial charge in [0.1, 0.15) is 6.61 Å². The Labute approximate surface area is 114 Å². The number of carbonyl (C=O) groups is 1. The number of aliphatic hydroxyl groups excluding tert-OH is 2. The Balaban J connectivity index is 3.04. The number of alkyl carbamates (subject to hydrolysis) is 1. The molecule has 0 aromatic rings. The molecule has 4 N–H and O–H groups in total. The van der Waals surface area contributed by atoms with Crippen molar-refractivity contribution in [2.24, 2.45) is 0 Å². The zero-order valence-corrected chi connectivity index (χ0v) is 11.4. The number of rotatable bonds is 13. The first-order chi connectivity index (χ1) is 9.31. The minimum absolute atomic E-state index is 0.0376. The summed E-state index contributed by atoms with van der Waals surface area (Å²) in [7, 11) is 0. The van der Waals surface area contributed by atoms with Gasteiger partial charge in [0.15, 0.2) is 0 Å². The molecule has 0 aromatic carbocycles. The summed E-state index contributed by atoms with van der Waals surface area (Å²) in [6.07, 6.45) is 3.61. The fourth-order valence-electron chi connectivity index (χ4n) is 1.39. The van der Waals surface area contributed by atoms with Crippen molar-refractivity contribution in [1.29, 1.82) is 0 Å². The second-order valence-corrected chi connectivity index (χ2v) is 3.98. The van der Waals surface area contributed by atoms with E-state index in [0.29, 0.717) is 19.9 Å². The molecule has 0 atom stereocenters. The second-order valence-electron chi connectivity index (χ2n) is 3.98. The van der Waals surface area contributed by atoms with Crippen molar-refractivity contribution >= 4 is 6.09 Å². The largest absolute Gasteiger partial charge is 0.447 e. The lowest BCUT2D eigenvalue weighted by Crippen LogP contribution is -2.26. The van der Waals surface area contributed by atoms with Gasteiger partial charge in [0.25, 0.3) is 0 Å². The molecule has 0 aromatic heterocycles. The number of hydrogen-bond donors (Lipinski definition) is 4. The molecule has 1 amide bonds. The van der Waals surface area contributed by atoms with Gasteiger partial charge in [-0.15, -0.1) is 0 Å². The predicted octanol–water partition coefficient (Wildman–Crippen LogP) is -0.179. The van der Waals surface area contributed by atoms with E-state index >= 15 is 0 Å². The van der Waals surface area contributed by atoms with Gasteiger partial charge in [0.05, 0.1) is 26.6 Å². The first-order valence-corrected chi connectivity index (χ1v) is 6.72. The summed E-state index contributed by atoms with van der Waals surface area (Å²) in [5.41, 5.74) is 0. The number of nitrogens with one attached hydrogen (secondary N) is 2. The van der Waals surface area contributed by atoms with Crippen LogP contribution >= 0.6 is 0 Å². The molecule has 0 saturated carbocycles. The molecule has 0 aliphatic carbocycles. The number of aliphatic hydroxyl groups is 2. The van der Waals surface area contributed by atoms with Gasteiger partial charge in [0, 0.05) is 6.54 Å². The molecule has 0 aliphatic heterocycles. The molecule has 0 fully saturated rings. The van der Waals surface area contributed by atoms with Crippen molar-refractivity contribution in [3.8, 4) is 0 Å². The van der Waals surface area contributed by atoms with Crippen molar-refractivity contribution in [1.82, 2.24) is 10.6 Å². The average Bonchev–Trinajstić information content (AvgIpc) is 2.42. The maximum atomic E-state index is 11.0. The van der Waals surface area contributed by atoms with E-state index in [2.05, 4.69) is 15.4 Å². The average molecular weight is 278 g/mol. The summed E-state index contributed by atoms with van der Waals surface area (Å²) in [6, 6.07) is 0. The van der Waals surface area contributed by atoms with Gasteiger partial charge in [-0.25, -0.2) is 4.79 Å². The van der Waals surface area contributed by atoms with E-state index in [1.165, 1.54) is 0 Å². The normalized spacial score (nSPS) is 10.4. The highest BCUT2D eigenvalue weighted by Crippen LogP contribution is 1.97. The van der Waals surface area contributed by atoms with E-state index in [0.717, 1.165) is 32.2 Å². The summed E-state index contributed by atoms with van der Waals surface area (Å²) < 4.78 is 9.69. The molecular weight excluding hydrogens is 252 g/mol. The summed E-state index contributed by atoms with van der Waals surface area (Å²) in [4.78, 5) is 11.0. The Kier molecular flexibility index (Phi) is 14.5. The van der Waals surface area contributed by atoms with E-state index in [1.54, 1.807) is 0 Å². The van der Waals surface area contributed by atoms with Crippen LogP contribution in [0.1, 0.15) is 25.7 Å². The molecular formula is C12H26N2O5. The van der Waals surface area contributed by atoms with Crippen LogP contribution in [0.5, 0.6) is 0 Å². The molecule has 0 spiro atoms. The Hall–Kier alpha value is -0.890. The minimum atomic E-state index is -0.475. The molecule has 0 unspecified atom stereocenters. The number of hydrogen-bond acceptors (Lipinski definition) is 6. The quantitative estimate of drug-likeness (QED) is 0.275. The fourth-order valence-corrected chi connectivity index (χ4v) is 1.39. The highest BCUT2D eigenvalue weighted by atomic mass is 16.6. The van der Waals surface area contributed by atoms with Crippen LogP contribution in [0.3, 0.4) is 0 Å². The lowest BCUT2D eigenvalue weighted by molar-refractivity contribution is 0.0798. The van der Waals surface area contributed by atoms with Gasteiger partial charge < -0.3 is 25.0 Å². The third-order valence-corrected chi connectivity index (χ3v) is 2.31. The molecule has 0 bridgehead atoms. The molecule has 7 heteroatoms. The zero-order valence-electron chi connectivity index (χ0n) is 11.4. The highest BCUT2D eigenvalue weighted by molar-refractivity contribution is 5.66. The van der Waals surface area contributed by atoms with Gasteiger partial charge in [-0.1, -0.05) is 12.8 Å². The summed E-state index contributed by atoms with van der Waals surface area (Å²) >= 11 is 0. The summed E-state index contributed by atoms with van der Waals surface area (Å²) in [6.45, 7) is 2.26. The molecule has 19 heavy (non-hydrogen) atoms. The van der Waals surface area contributed by atoms with Crippen molar-refractivity contribution in [2.45, 2.75) is 25.7 Å². The zero-order chi connectivity index (χ0) is 14.2. The van der Waals surface area contributed by atoms with Gasteiger partial charge in [-0.2, -0.15) is 0 Å². The van der Waals surface area contributed by atoms with Crippen LogP contribution in [0, 0.1) is 0 Å². The SMILES string of the molecule is O=C(NCCCCCCNCOCCO)OCCO. The third kappa shape index (κ3) is 15.1. The molecule has 0 heterocycles. The highest BCUT2D eigenvalue weighted by Gasteiger charge is 1.99. The standard InChI is InChI=1S/C12H26N2O5/c15-7-9-18-11-13-5-3-1-2-4-6-14-12(17)19-10-8-16/h13,15-16H,1-11H2,(H,14,17). The minimum Gasteiger partial charge on any atom is -0.447 e. The van der Waals surface area contributed by atoms with Crippen molar-refractivity contribution < 1.29 is 24.5 Å².